The Labute approximate surface area is 131 Å². The molecule has 0 aromatic heterocycles. The van der Waals surface area contributed by atoms with Crippen molar-refractivity contribution in [2.45, 2.75) is 55.2 Å². The fourth-order valence-corrected chi connectivity index (χ4v) is 3.98. The largest absolute Gasteiger partial charge is 0.486 e. The maximum absolute atomic E-state index is 5.65. The Morgan fingerprint density at radius 2 is 1.90 bits per heavy atom. The Hall–Kier alpha value is -0.870. The van der Waals surface area contributed by atoms with E-state index in [1.165, 1.54) is 37.0 Å². The lowest BCUT2D eigenvalue weighted by Gasteiger charge is -2.24. The Bertz CT molecular complexity index is 460. The lowest BCUT2D eigenvalue weighted by atomic mass is 9.95. The zero-order valence-corrected chi connectivity index (χ0v) is 13.6. The normalized spacial score (nSPS) is 20.2. The van der Waals surface area contributed by atoms with Crippen molar-refractivity contribution in [1.82, 2.24) is 5.32 Å². The Kier molecular flexibility index (Phi) is 5.31. The molecule has 21 heavy (non-hydrogen) atoms. The second kappa shape index (κ2) is 7.41. The van der Waals surface area contributed by atoms with Gasteiger partial charge >= 0.3 is 0 Å². The minimum atomic E-state index is 0.564. The second-order valence-electron chi connectivity index (χ2n) is 5.98. The molecule has 2 aliphatic rings. The molecule has 1 fully saturated rings. The van der Waals surface area contributed by atoms with E-state index < -0.39 is 0 Å². The van der Waals surface area contributed by atoms with Crippen LogP contribution in [0.5, 0.6) is 11.5 Å². The first-order valence-electron chi connectivity index (χ1n) is 8.11. The molecule has 1 heterocycles. The number of benzene rings is 1. The van der Waals surface area contributed by atoms with Crippen LogP contribution in [-0.2, 0) is 0 Å². The van der Waals surface area contributed by atoms with Crippen molar-refractivity contribution in [2.75, 3.05) is 19.8 Å². The van der Waals surface area contributed by atoms with Gasteiger partial charge in [-0.2, -0.15) is 0 Å². The Balaban J connectivity index is 1.48. The fraction of sp³-hybridized carbons (Fsp3) is 0.647. The molecular formula is C17H25NO2S. The molecule has 1 aliphatic heterocycles. The fourth-order valence-electron chi connectivity index (χ4n) is 3.01. The molecule has 1 aromatic rings. The van der Waals surface area contributed by atoms with Crippen molar-refractivity contribution in [2.24, 2.45) is 0 Å². The molecule has 3 rings (SSSR count). The van der Waals surface area contributed by atoms with Crippen LogP contribution < -0.4 is 14.8 Å². The van der Waals surface area contributed by atoms with Gasteiger partial charge in [0.15, 0.2) is 11.5 Å². The van der Waals surface area contributed by atoms with Gasteiger partial charge in [0.25, 0.3) is 0 Å². The molecule has 1 aromatic carbocycles. The molecule has 3 nitrogen and oxygen atoms in total. The third kappa shape index (κ3) is 4.30. The summed E-state index contributed by atoms with van der Waals surface area (Å²) < 4.78 is 11.2. The van der Waals surface area contributed by atoms with Crippen LogP contribution in [0.3, 0.4) is 0 Å². The number of hydrogen-bond donors (Lipinski definition) is 1. The molecule has 0 spiro atoms. The van der Waals surface area contributed by atoms with Crippen LogP contribution >= 0.6 is 11.8 Å². The molecule has 1 unspecified atom stereocenters. The number of rotatable bonds is 5. The van der Waals surface area contributed by atoms with E-state index in [-0.39, 0.29) is 0 Å². The van der Waals surface area contributed by atoms with Crippen LogP contribution in [-0.4, -0.2) is 31.1 Å². The summed E-state index contributed by atoms with van der Waals surface area (Å²) in [6.45, 7) is 4.67. The summed E-state index contributed by atoms with van der Waals surface area (Å²) in [7, 11) is 0. The summed E-state index contributed by atoms with van der Waals surface area (Å²) in [5.41, 5.74) is 0. The maximum atomic E-state index is 5.65. The van der Waals surface area contributed by atoms with Crippen LogP contribution in [0, 0.1) is 0 Å². The molecule has 0 saturated heterocycles. The van der Waals surface area contributed by atoms with Gasteiger partial charge in [-0.15, -0.1) is 11.8 Å². The van der Waals surface area contributed by atoms with E-state index in [1.807, 2.05) is 17.8 Å². The van der Waals surface area contributed by atoms with E-state index in [4.69, 9.17) is 9.47 Å². The van der Waals surface area contributed by atoms with E-state index in [9.17, 15) is 0 Å². The van der Waals surface area contributed by atoms with Crippen molar-refractivity contribution in [1.29, 1.82) is 0 Å². The number of fused-ring (bicyclic) bond motifs is 1. The van der Waals surface area contributed by atoms with E-state index >= 15 is 0 Å². The molecule has 1 N–H and O–H groups in total. The smallest absolute Gasteiger partial charge is 0.162 e. The van der Waals surface area contributed by atoms with Crippen molar-refractivity contribution >= 4 is 11.8 Å². The molecule has 1 atom stereocenters. The minimum Gasteiger partial charge on any atom is -0.486 e. The average Bonchev–Trinajstić information content (AvgIpc) is 2.54. The van der Waals surface area contributed by atoms with Gasteiger partial charge in [0.05, 0.1) is 0 Å². The highest BCUT2D eigenvalue weighted by Gasteiger charge is 2.16. The predicted octanol–water partition coefficient (Wildman–Crippen LogP) is 3.86. The van der Waals surface area contributed by atoms with E-state index in [0.29, 0.717) is 18.5 Å². The van der Waals surface area contributed by atoms with Crippen LogP contribution in [0.2, 0.25) is 0 Å². The highest BCUT2D eigenvalue weighted by molar-refractivity contribution is 8.00. The summed E-state index contributed by atoms with van der Waals surface area (Å²) in [5, 5.41) is 4.29. The Morgan fingerprint density at radius 3 is 2.71 bits per heavy atom. The van der Waals surface area contributed by atoms with Crippen LogP contribution in [0.4, 0.5) is 0 Å². The van der Waals surface area contributed by atoms with Crippen molar-refractivity contribution in [3.8, 4) is 11.5 Å². The van der Waals surface area contributed by atoms with Gasteiger partial charge in [-0.3, -0.25) is 0 Å². The van der Waals surface area contributed by atoms with Crippen LogP contribution in [0.25, 0.3) is 0 Å². The molecule has 116 valence electrons. The van der Waals surface area contributed by atoms with Crippen LogP contribution in [0.15, 0.2) is 23.1 Å². The quantitative estimate of drug-likeness (QED) is 0.837. The molecule has 0 radical (unpaired) electrons. The Morgan fingerprint density at radius 1 is 1.14 bits per heavy atom. The lowest BCUT2D eigenvalue weighted by molar-refractivity contribution is 0.171. The summed E-state index contributed by atoms with van der Waals surface area (Å²) in [6.07, 6.45) is 6.89. The van der Waals surface area contributed by atoms with Gasteiger partial charge in [0.2, 0.25) is 0 Å². The van der Waals surface area contributed by atoms with Gasteiger partial charge in [-0.1, -0.05) is 26.2 Å². The van der Waals surface area contributed by atoms with Gasteiger partial charge in [0, 0.05) is 22.7 Å². The summed E-state index contributed by atoms with van der Waals surface area (Å²) in [4.78, 5) is 1.26. The van der Waals surface area contributed by atoms with Crippen molar-refractivity contribution in [3.05, 3.63) is 18.2 Å². The third-order valence-corrected chi connectivity index (χ3v) is 5.25. The number of thioether (sulfide) groups is 1. The van der Waals surface area contributed by atoms with Gasteiger partial charge in [-0.05, 0) is 31.0 Å². The molecule has 0 amide bonds. The van der Waals surface area contributed by atoms with E-state index in [0.717, 1.165) is 24.1 Å². The third-order valence-electron chi connectivity index (χ3n) is 4.15. The molecular weight excluding hydrogens is 282 g/mol. The maximum Gasteiger partial charge on any atom is 0.162 e. The number of nitrogens with one attached hydrogen (secondary N) is 1. The first-order valence-corrected chi connectivity index (χ1v) is 8.99. The average molecular weight is 307 g/mol. The SMILES string of the molecule is CC(CNC1CCCCC1)Sc1ccc2c(c1)OCCO2. The van der Waals surface area contributed by atoms with Crippen molar-refractivity contribution in [3.63, 3.8) is 0 Å². The first kappa shape index (κ1) is 15.0. The van der Waals surface area contributed by atoms with E-state index in [1.54, 1.807) is 0 Å². The monoisotopic (exact) mass is 307 g/mol. The topological polar surface area (TPSA) is 30.5 Å². The van der Waals surface area contributed by atoms with E-state index in [2.05, 4.69) is 24.4 Å². The standard InChI is InChI=1S/C17H25NO2S/c1-13(12-18-14-5-3-2-4-6-14)21-15-7-8-16-17(11-15)20-10-9-19-16/h7-8,11,13-14,18H,2-6,9-10,12H2,1H3. The number of hydrogen-bond acceptors (Lipinski definition) is 4. The summed E-state index contributed by atoms with van der Waals surface area (Å²) >= 11 is 1.91. The first-order chi connectivity index (χ1) is 10.3. The van der Waals surface area contributed by atoms with Gasteiger partial charge in [-0.25, -0.2) is 0 Å². The summed E-state index contributed by atoms with van der Waals surface area (Å²) in [6, 6.07) is 7.01. The molecule has 1 saturated carbocycles. The highest BCUT2D eigenvalue weighted by Crippen LogP contribution is 2.35. The highest BCUT2D eigenvalue weighted by atomic mass is 32.2. The van der Waals surface area contributed by atoms with Gasteiger partial charge in [0.1, 0.15) is 13.2 Å². The molecule has 1 aliphatic carbocycles. The predicted molar refractivity (Wildman–Crippen MR) is 87.6 cm³/mol. The van der Waals surface area contributed by atoms with Gasteiger partial charge < -0.3 is 14.8 Å². The second-order valence-corrected chi connectivity index (χ2v) is 7.49. The zero-order valence-electron chi connectivity index (χ0n) is 12.8. The summed E-state index contributed by atoms with van der Waals surface area (Å²) in [5.74, 6) is 1.76. The van der Waals surface area contributed by atoms with Crippen molar-refractivity contribution < 1.29 is 9.47 Å². The molecule has 0 bridgehead atoms. The van der Waals surface area contributed by atoms with Crippen LogP contribution in [0.1, 0.15) is 39.0 Å². The lowest BCUT2D eigenvalue weighted by Crippen LogP contribution is -2.35. The minimum absolute atomic E-state index is 0.564. The molecule has 4 heteroatoms. The zero-order chi connectivity index (χ0) is 14.5. The number of ether oxygens (including phenoxy) is 2.